The van der Waals surface area contributed by atoms with Crippen LogP contribution in [-0.4, -0.2) is 5.88 Å². The van der Waals surface area contributed by atoms with Crippen molar-refractivity contribution < 1.29 is 0 Å². The van der Waals surface area contributed by atoms with Crippen molar-refractivity contribution in [1.29, 1.82) is 0 Å². The zero-order valence-corrected chi connectivity index (χ0v) is 11.8. The van der Waals surface area contributed by atoms with E-state index >= 15 is 0 Å². The van der Waals surface area contributed by atoms with Crippen LogP contribution in [0.3, 0.4) is 0 Å². The van der Waals surface area contributed by atoms with Gasteiger partial charge in [0.2, 0.25) is 0 Å². The van der Waals surface area contributed by atoms with Gasteiger partial charge in [0.1, 0.15) is 0 Å². The number of halogens is 2. The second kappa shape index (κ2) is 6.06. The van der Waals surface area contributed by atoms with Gasteiger partial charge < -0.3 is 5.73 Å². The lowest BCUT2D eigenvalue weighted by molar-refractivity contribution is 0.389. The predicted molar refractivity (Wildman–Crippen MR) is 75.4 cm³/mol. The molecule has 1 rings (SSSR count). The molecule has 2 atom stereocenters. The highest BCUT2D eigenvalue weighted by molar-refractivity contribution is 14.1. The third kappa shape index (κ3) is 3.33. The van der Waals surface area contributed by atoms with E-state index in [0.29, 0.717) is 11.8 Å². The first-order valence-corrected chi connectivity index (χ1v) is 6.83. The van der Waals surface area contributed by atoms with Crippen molar-refractivity contribution in [1.82, 2.24) is 0 Å². The van der Waals surface area contributed by atoms with E-state index in [1.165, 1.54) is 5.56 Å². The lowest BCUT2D eigenvalue weighted by Crippen LogP contribution is -2.38. The second-order valence-corrected chi connectivity index (χ2v) is 5.88. The SMILES string of the molecule is CCC(CCCl)C(N)(I)c1ccccc1. The monoisotopic (exact) mass is 337 g/mol. The van der Waals surface area contributed by atoms with Gasteiger partial charge in [0.25, 0.3) is 0 Å². The molecule has 84 valence electrons. The van der Waals surface area contributed by atoms with Crippen molar-refractivity contribution in [2.24, 2.45) is 11.7 Å². The molecule has 0 amide bonds. The number of hydrogen-bond acceptors (Lipinski definition) is 1. The Morgan fingerprint density at radius 2 is 2.00 bits per heavy atom. The van der Waals surface area contributed by atoms with Crippen LogP contribution in [0.25, 0.3) is 0 Å². The third-order valence-electron chi connectivity index (χ3n) is 2.76. The first-order chi connectivity index (χ1) is 7.12. The lowest BCUT2D eigenvalue weighted by Gasteiger charge is -2.32. The van der Waals surface area contributed by atoms with E-state index in [1.807, 2.05) is 18.2 Å². The summed E-state index contributed by atoms with van der Waals surface area (Å²) in [6.45, 7) is 2.17. The van der Waals surface area contributed by atoms with Gasteiger partial charge in [-0.25, -0.2) is 0 Å². The predicted octanol–water partition coefficient (Wildman–Crippen LogP) is 3.89. The van der Waals surface area contributed by atoms with E-state index in [1.54, 1.807) is 0 Å². The minimum Gasteiger partial charge on any atom is -0.313 e. The molecule has 3 heteroatoms. The first kappa shape index (κ1) is 13.3. The van der Waals surface area contributed by atoms with Crippen LogP contribution in [0.1, 0.15) is 25.3 Å². The topological polar surface area (TPSA) is 26.0 Å². The summed E-state index contributed by atoms with van der Waals surface area (Å²) in [5.41, 5.74) is 7.59. The average Bonchev–Trinajstić information content (AvgIpc) is 2.27. The van der Waals surface area contributed by atoms with Gasteiger partial charge >= 0.3 is 0 Å². The van der Waals surface area contributed by atoms with Crippen molar-refractivity contribution in [3.63, 3.8) is 0 Å². The number of alkyl halides is 2. The Balaban J connectivity index is 2.89. The molecular formula is C12H17ClIN. The Morgan fingerprint density at radius 1 is 1.40 bits per heavy atom. The highest BCUT2D eigenvalue weighted by atomic mass is 127. The molecule has 0 bridgehead atoms. The van der Waals surface area contributed by atoms with Gasteiger partial charge in [-0.1, -0.05) is 66.3 Å². The molecular weight excluding hydrogens is 320 g/mol. The molecule has 1 aromatic carbocycles. The minimum atomic E-state index is -0.303. The van der Waals surface area contributed by atoms with E-state index in [2.05, 4.69) is 41.6 Å². The Kier molecular flexibility index (Phi) is 5.36. The van der Waals surface area contributed by atoms with E-state index in [9.17, 15) is 0 Å². The maximum Gasteiger partial charge on any atom is 0.0963 e. The molecule has 1 aromatic rings. The van der Waals surface area contributed by atoms with Crippen molar-refractivity contribution in [3.05, 3.63) is 35.9 Å². The molecule has 0 aromatic heterocycles. The van der Waals surface area contributed by atoms with Gasteiger partial charge in [-0.05, 0) is 17.9 Å². The first-order valence-electron chi connectivity index (χ1n) is 5.22. The summed E-state index contributed by atoms with van der Waals surface area (Å²) in [6, 6.07) is 10.2. The van der Waals surface area contributed by atoms with E-state index in [4.69, 9.17) is 17.3 Å². The normalized spacial score (nSPS) is 17.1. The van der Waals surface area contributed by atoms with Gasteiger partial charge in [-0.15, -0.1) is 11.6 Å². The van der Waals surface area contributed by atoms with Crippen molar-refractivity contribution in [2.75, 3.05) is 5.88 Å². The Labute approximate surface area is 111 Å². The van der Waals surface area contributed by atoms with Gasteiger partial charge in [-0.2, -0.15) is 0 Å². The molecule has 0 aliphatic rings. The van der Waals surface area contributed by atoms with Crippen LogP contribution in [0.5, 0.6) is 0 Å². The van der Waals surface area contributed by atoms with Crippen LogP contribution in [0.15, 0.2) is 30.3 Å². The lowest BCUT2D eigenvalue weighted by atomic mass is 9.89. The zero-order chi connectivity index (χ0) is 11.3. The summed E-state index contributed by atoms with van der Waals surface area (Å²) < 4.78 is -0.303. The minimum absolute atomic E-state index is 0.303. The van der Waals surface area contributed by atoms with Gasteiger partial charge in [-0.3, -0.25) is 0 Å². The number of hydrogen-bond donors (Lipinski definition) is 1. The summed E-state index contributed by atoms with van der Waals surface area (Å²) in [4.78, 5) is 0. The summed E-state index contributed by atoms with van der Waals surface area (Å²) in [7, 11) is 0. The van der Waals surface area contributed by atoms with Crippen LogP contribution < -0.4 is 5.73 Å². The van der Waals surface area contributed by atoms with Gasteiger partial charge in [0.05, 0.1) is 3.55 Å². The Hall–Kier alpha value is 0.200. The van der Waals surface area contributed by atoms with Crippen molar-refractivity contribution >= 4 is 34.2 Å². The number of nitrogens with two attached hydrogens (primary N) is 1. The van der Waals surface area contributed by atoms with Crippen LogP contribution in [0, 0.1) is 5.92 Å². The maximum absolute atomic E-state index is 6.41. The molecule has 0 aliphatic carbocycles. The van der Waals surface area contributed by atoms with Crippen molar-refractivity contribution in [2.45, 2.75) is 23.3 Å². The van der Waals surface area contributed by atoms with Crippen LogP contribution in [0.2, 0.25) is 0 Å². The molecule has 0 saturated heterocycles. The molecule has 15 heavy (non-hydrogen) atoms. The molecule has 0 fully saturated rings. The largest absolute Gasteiger partial charge is 0.313 e. The quantitative estimate of drug-likeness (QED) is 0.492. The summed E-state index contributed by atoms with van der Waals surface area (Å²) in [5.74, 6) is 1.10. The zero-order valence-electron chi connectivity index (χ0n) is 8.92. The maximum atomic E-state index is 6.41. The average molecular weight is 338 g/mol. The molecule has 0 spiro atoms. The standard InChI is InChI=1S/C12H17ClIN/c1-2-10(8-9-13)12(14,15)11-6-4-3-5-7-11/h3-7,10H,2,8-9,15H2,1H3. The van der Waals surface area contributed by atoms with E-state index in [-0.39, 0.29) is 3.55 Å². The third-order valence-corrected chi connectivity index (χ3v) is 4.48. The van der Waals surface area contributed by atoms with Crippen molar-refractivity contribution in [3.8, 4) is 0 Å². The van der Waals surface area contributed by atoms with Gasteiger partial charge in [0, 0.05) is 5.88 Å². The fourth-order valence-electron chi connectivity index (χ4n) is 1.77. The molecule has 0 radical (unpaired) electrons. The highest BCUT2D eigenvalue weighted by Crippen LogP contribution is 2.37. The number of benzene rings is 1. The number of rotatable bonds is 5. The highest BCUT2D eigenvalue weighted by Gasteiger charge is 2.31. The second-order valence-electron chi connectivity index (χ2n) is 3.72. The van der Waals surface area contributed by atoms with E-state index in [0.717, 1.165) is 12.8 Å². The Morgan fingerprint density at radius 3 is 2.47 bits per heavy atom. The molecule has 0 aliphatic heterocycles. The van der Waals surface area contributed by atoms with Gasteiger partial charge in [0.15, 0.2) is 0 Å². The fourth-order valence-corrected chi connectivity index (χ4v) is 3.15. The van der Waals surface area contributed by atoms with Crippen LogP contribution in [0.4, 0.5) is 0 Å². The molecule has 2 N–H and O–H groups in total. The van der Waals surface area contributed by atoms with Crippen LogP contribution in [-0.2, 0) is 3.55 Å². The summed E-state index contributed by atoms with van der Waals surface area (Å²) in [5, 5.41) is 0. The van der Waals surface area contributed by atoms with Crippen LogP contribution >= 0.6 is 34.2 Å². The molecule has 1 nitrogen and oxygen atoms in total. The fraction of sp³-hybridized carbons (Fsp3) is 0.500. The molecule has 0 heterocycles. The molecule has 2 unspecified atom stereocenters. The summed E-state index contributed by atoms with van der Waals surface area (Å²) >= 11 is 8.16. The Bertz CT molecular complexity index is 287. The smallest absolute Gasteiger partial charge is 0.0963 e. The molecule has 0 saturated carbocycles. The van der Waals surface area contributed by atoms with E-state index < -0.39 is 0 Å². The summed E-state index contributed by atoms with van der Waals surface area (Å²) in [6.07, 6.45) is 2.02.